The van der Waals surface area contributed by atoms with Crippen LogP contribution < -0.4 is 5.73 Å². The molecule has 0 spiro atoms. The van der Waals surface area contributed by atoms with E-state index in [4.69, 9.17) is 33.4 Å². The SMILES string of the molecule is CCCC(CCN)CCc1nc2cc(Cl)cc(Cl)c2o1. The molecule has 0 bridgehead atoms. The fourth-order valence-electron chi connectivity index (χ4n) is 2.52. The van der Waals surface area contributed by atoms with Crippen molar-refractivity contribution in [3.05, 3.63) is 28.1 Å². The summed E-state index contributed by atoms with van der Waals surface area (Å²) in [4.78, 5) is 4.46. The number of nitrogens with zero attached hydrogens (tertiary/aromatic N) is 1. The van der Waals surface area contributed by atoms with Crippen LogP contribution in [0.25, 0.3) is 11.1 Å². The lowest BCUT2D eigenvalue weighted by atomic mass is 9.94. The maximum Gasteiger partial charge on any atom is 0.195 e. The zero-order valence-electron chi connectivity index (χ0n) is 11.7. The molecule has 3 nitrogen and oxygen atoms in total. The first-order chi connectivity index (χ1) is 9.63. The molecule has 20 heavy (non-hydrogen) atoms. The van der Waals surface area contributed by atoms with Crippen LogP contribution in [0.15, 0.2) is 16.5 Å². The van der Waals surface area contributed by atoms with E-state index in [1.807, 2.05) is 0 Å². The molecule has 1 atom stereocenters. The second kappa shape index (κ2) is 7.30. The highest BCUT2D eigenvalue weighted by molar-refractivity contribution is 6.37. The average Bonchev–Trinajstić information content (AvgIpc) is 2.79. The summed E-state index contributed by atoms with van der Waals surface area (Å²) in [5.41, 5.74) is 7.00. The van der Waals surface area contributed by atoms with Gasteiger partial charge in [-0.25, -0.2) is 4.98 Å². The molecule has 1 unspecified atom stereocenters. The van der Waals surface area contributed by atoms with Crippen molar-refractivity contribution < 1.29 is 4.42 Å². The molecule has 1 heterocycles. The molecule has 0 amide bonds. The summed E-state index contributed by atoms with van der Waals surface area (Å²) in [6, 6.07) is 3.45. The van der Waals surface area contributed by atoms with Gasteiger partial charge in [0.1, 0.15) is 5.52 Å². The Balaban J connectivity index is 2.08. The van der Waals surface area contributed by atoms with Crippen molar-refractivity contribution in [1.29, 1.82) is 0 Å². The van der Waals surface area contributed by atoms with Gasteiger partial charge < -0.3 is 10.2 Å². The molecule has 0 saturated carbocycles. The van der Waals surface area contributed by atoms with Gasteiger partial charge >= 0.3 is 0 Å². The van der Waals surface area contributed by atoms with E-state index in [-0.39, 0.29) is 0 Å². The lowest BCUT2D eigenvalue weighted by Gasteiger charge is -2.13. The number of fused-ring (bicyclic) bond motifs is 1. The summed E-state index contributed by atoms with van der Waals surface area (Å²) in [6.45, 7) is 2.93. The molecule has 2 N–H and O–H groups in total. The van der Waals surface area contributed by atoms with Crippen molar-refractivity contribution in [3.8, 4) is 0 Å². The standard InChI is InChI=1S/C15H20Cl2N2O/c1-2-3-10(6-7-18)4-5-14-19-13-9-11(16)8-12(17)15(13)20-14/h8-10H,2-7,18H2,1H3. The lowest BCUT2D eigenvalue weighted by molar-refractivity contribution is 0.398. The normalized spacial score (nSPS) is 13.0. The predicted molar refractivity (Wildman–Crippen MR) is 84.4 cm³/mol. The second-order valence-corrected chi connectivity index (χ2v) is 5.96. The maximum atomic E-state index is 6.10. The molecule has 2 rings (SSSR count). The zero-order valence-corrected chi connectivity index (χ0v) is 13.2. The molecular formula is C15H20Cl2N2O. The van der Waals surface area contributed by atoms with Crippen molar-refractivity contribution in [1.82, 2.24) is 4.98 Å². The van der Waals surface area contributed by atoms with Crippen LogP contribution in [0, 0.1) is 5.92 Å². The smallest absolute Gasteiger partial charge is 0.195 e. The Morgan fingerprint density at radius 3 is 2.75 bits per heavy atom. The Morgan fingerprint density at radius 2 is 2.05 bits per heavy atom. The van der Waals surface area contributed by atoms with Gasteiger partial charge in [-0.2, -0.15) is 0 Å². The first-order valence-corrected chi connectivity index (χ1v) is 7.84. The van der Waals surface area contributed by atoms with Gasteiger partial charge in [-0.3, -0.25) is 0 Å². The van der Waals surface area contributed by atoms with E-state index >= 15 is 0 Å². The maximum absolute atomic E-state index is 6.10. The van der Waals surface area contributed by atoms with Crippen molar-refractivity contribution in [2.75, 3.05) is 6.54 Å². The minimum atomic E-state index is 0.512. The van der Waals surface area contributed by atoms with Crippen LogP contribution in [0.2, 0.25) is 10.0 Å². The Labute approximate surface area is 129 Å². The second-order valence-electron chi connectivity index (χ2n) is 5.11. The third-order valence-corrected chi connectivity index (χ3v) is 3.99. The van der Waals surface area contributed by atoms with E-state index in [9.17, 15) is 0 Å². The van der Waals surface area contributed by atoms with Gasteiger partial charge in [-0.05, 0) is 37.4 Å². The Kier molecular flexibility index (Phi) is 5.70. The number of halogens is 2. The van der Waals surface area contributed by atoms with Crippen LogP contribution in [-0.4, -0.2) is 11.5 Å². The molecule has 110 valence electrons. The predicted octanol–water partition coefficient (Wildman–Crippen LogP) is 4.83. The van der Waals surface area contributed by atoms with Gasteiger partial charge in [0, 0.05) is 11.4 Å². The number of aromatic nitrogens is 1. The van der Waals surface area contributed by atoms with E-state index in [1.54, 1.807) is 12.1 Å². The highest BCUT2D eigenvalue weighted by atomic mass is 35.5. The van der Waals surface area contributed by atoms with Crippen LogP contribution in [0.3, 0.4) is 0 Å². The zero-order chi connectivity index (χ0) is 14.5. The number of benzene rings is 1. The number of nitrogens with two attached hydrogens (primary N) is 1. The summed E-state index contributed by atoms with van der Waals surface area (Å²) in [5.74, 6) is 1.36. The topological polar surface area (TPSA) is 52.0 Å². The number of hydrogen-bond donors (Lipinski definition) is 1. The molecule has 5 heteroatoms. The van der Waals surface area contributed by atoms with Crippen LogP contribution >= 0.6 is 23.2 Å². The van der Waals surface area contributed by atoms with Crippen molar-refractivity contribution in [2.45, 2.75) is 39.0 Å². The van der Waals surface area contributed by atoms with E-state index in [2.05, 4.69) is 11.9 Å². The van der Waals surface area contributed by atoms with Crippen molar-refractivity contribution >= 4 is 34.3 Å². The summed E-state index contributed by atoms with van der Waals surface area (Å²) >= 11 is 12.1. The van der Waals surface area contributed by atoms with Gasteiger partial charge in [-0.1, -0.05) is 43.0 Å². The minimum Gasteiger partial charge on any atom is -0.439 e. The Bertz CT molecular complexity index is 562. The summed E-state index contributed by atoms with van der Waals surface area (Å²) in [5, 5.41) is 1.09. The van der Waals surface area contributed by atoms with Crippen LogP contribution in [0.4, 0.5) is 0 Å². The highest BCUT2D eigenvalue weighted by Crippen LogP contribution is 2.29. The fourth-order valence-corrected chi connectivity index (χ4v) is 3.04. The van der Waals surface area contributed by atoms with Crippen LogP contribution in [0.1, 0.15) is 38.5 Å². The molecule has 0 fully saturated rings. The van der Waals surface area contributed by atoms with E-state index in [1.165, 1.54) is 12.8 Å². The van der Waals surface area contributed by atoms with Gasteiger partial charge in [0.25, 0.3) is 0 Å². The van der Waals surface area contributed by atoms with E-state index in [0.29, 0.717) is 21.5 Å². The van der Waals surface area contributed by atoms with Crippen LogP contribution in [-0.2, 0) is 6.42 Å². The first-order valence-electron chi connectivity index (χ1n) is 7.08. The highest BCUT2D eigenvalue weighted by Gasteiger charge is 2.13. The summed E-state index contributed by atoms with van der Waals surface area (Å²) < 4.78 is 5.73. The lowest BCUT2D eigenvalue weighted by Crippen LogP contribution is -2.09. The molecule has 0 aliphatic heterocycles. The quantitative estimate of drug-likeness (QED) is 0.796. The largest absolute Gasteiger partial charge is 0.439 e. The fraction of sp³-hybridized carbons (Fsp3) is 0.533. The molecule has 0 aliphatic carbocycles. The van der Waals surface area contributed by atoms with E-state index in [0.717, 1.165) is 37.2 Å². The molecule has 1 aromatic carbocycles. The molecule has 0 aliphatic rings. The molecule has 0 saturated heterocycles. The molecule has 2 aromatic rings. The molecule has 0 radical (unpaired) electrons. The summed E-state index contributed by atoms with van der Waals surface area (Å²) in [7, 11) is 0. The third kappa shape index (κ3) is 3.87. The number of oxazole rings is 1. The van der Waals surface area contributed by atoms with E-state index < -0.39 is 0 Å². The van der Waals surface area contributed by atoms with Gasteiger partial charge in [0.05, 0.1) is 5.02 Å². The van der Waals surface area contributed by atoms with Gasteiger partial charge in [-0.15, -0.1) is 0 Å². The average molecular weight is 315 g/mol. The van der Waals surface area contributed by atoms with Gasteiger partial charge in [0.2, 0.25) is 0 Å². The van der Waals surface area contributed by atoms with Crippen molar-refractivity contribution in [3.63, 3.8) is 0 Å². The Hall–Kier alpha value is -0.770. The minimum absolute atomic E-state index is 0.512. The number of hydrogen-bond acceptors (Lipinski definition) is 3. The first kappa shape index (κ1) is 15.6. The molecule has 1 aromatic heterocycles. The third-order valence-electron chi connectivity index (χ3n) is 3.49. The number of rotatable bonds is 7. The van der Waals surface area contributed by atoms with Crippen LogP contribution in [0.5, 0.6) is 0 Å². The monoisotopic (exact) mass is 314 g/mol. The van der Waals surface area contributed by atoms with Gasteiger partial charge in [0.15, 0.2) is 11.5 Å². The summed E-state index contributed by atoms with van der Waals surface area (Å²) in [6.07, 6.45) is 5.29. The number of aryl methyl sites for hydroxylation is 1. The van der Waals surface area contributed by atoms with Crippen molar-refractivity contribution in [2.24, 2.45) is 11.7 Å². The molecular weight excluding hydrogens is 295 g/mol. The Morgan fingerprint density at radius 1 is 1.25 bits per heavy atom.